The first-order valence-electron chi connectivity index (χ1n) is 11.0. The fourth-order valence-corrected chi connectivity index (χ4v) is 5.97. The first-order valence-corrected chi connectivity index (χ1v) is 12.8. The van der Waals surface area contributed by atoms with E-state index in [1.807, 2.05) is 47.4 Å². The van der Waals surface area contributed by atoms with Gasteiger partial charge in [-0.1, -0.05) is 36.0 Å². The van der Waals surface area contributed by atoms with E-state index in [4.69, 9.17) is 4.74 Å². The molecular formula is C26H25N3O2S2. The molecule has 0 spiro atoms. The number of thioether (sulfide) groups is 1. The van der Waals surface area contributed by atoms with Gasteiger partial charge in [0.1, 0.15) is 5.75 Å². The fourth-order valence-electron chi connectivity index (χ4n) is 3.94. The number of piperazine rings is 1. The second-order valence-electron chi connectivity index (χ2n) is 7.91. The van der Waals surface area contributed by atoms with Gasteiger partial charge in [-0.25, -0.2) is 4.98 Å². The molecule has 168 valence electrons. The highest BCUT2D eigenvalue weighted by atomic mass is 32.2. The Labute approximate surface area is 202 Å². The number of anilines is 1. The average Bonchev–Trinajstić information content (AvgIpc) is 3.31. The smallest absolute Gasteiger partial charge is 0.253 e. The second-order valence-corrected chi connectivity index (χ2v) is 10.2. The van der Waals surface area contributed by atoms with Crippen molar-refractivity contribution in [1.82, 2.24) is 9.88 Å². The largest absolute Gasteiger partial charge is 0.497 e. The maximum atomic E-state index is 13.0. The summed E-state index contributed by atoms with van der Waals surface area (Å²) in [5, 5.41) is 0. The summed E-state index contributed by atoms with van der Waals surface area (Å²) in [6, 6.07) is 24.3. The minimum Gasteiger partial charge on any atom is -0.497 e. The zero-order valence-corrected chi connectivity index (χ0v) is 20.1. The van der Waals surface area contributed by atoms with Crippen molar-refractivity contribution >= 4 is 44.9 Å². The minimum absolute atomic E-state index is 0.106. The molecule has 3 aromatic carbocycles. The SMILES string of the molecule is COc1ccc(N2CCN(C(=O)c3ccc(CSc4nc5ccccc5s4)cc3)CC2)cc1. The lowest BCUT2D eigenvalue weighted by Crippen LogP contribution is -2.48. The molecule has 1 saturated heterocycles. The van der Waals surface area contributed by atoms with Gasteiger partial charge in [0.25, 0.3) is 5.91 Å². The number of thiazole rings is 1. The number of nitrogens with zero attached hydrogens (tertiary/aromatic N) is 3. The van der Waals surface area contributed by atoms with E-state index >= 15 is 0 Å². The third-order valence-corrected chi connectivity index (χ3v) is 8.09. The van der Waals surface area contributed by atoms with Crippen molar-refractivity contribution in [2.75, 3.05) is 38.2 Å². The molecule has 0 N–H and O–H groups in total. The Morgan fingerprint density at radius 3 is 2.39 bits per heavy atom. The number of fused-ring (bicyclic) bond motifs is 1. The summed E-state index contributed by atoms with van der Waals surface area (Å²) in [5.74, 6) is 1.80. The monoisotopic (exact) mass is 475 g/mol. The van der Waals surface area contributed by atoms with E-state index in [2.05, 4.69) is 40.2 Å². The van der Waals surface area contributed by atoms with Crippen LogP contribution in [0.4, 0.5) is 5.69 Å². The van der Waals surface area contributed by atoms with Crippen LogP contribution < -0.4 is 9.64 Å². The molecule has 0 atom stereocenters. The topological polar surface area (TPSA) is 45.7 Å². The van der Waals surface area contributed by atoms with Gasteiger partial charge in [-0.15, -0.1) is 11.3 Å². The van der Waals surface area contributed by atoms with Crippen molar-refractivity contribution in [2.24, 2.45) is 0 Å². The minimum atomic E-state index is 0.106. The normalized spacial score (nSPS) is 14.0. The third kappa shape index (κ3) is 4.99. The van der Waals surface area contributed by atoms with Gasteiger partial charge in [0, 0.05) is 43.2 Å². The zero-order chi connectivity index (χ0) is 22.6. The number of carbonyl (C=O) groups is 1. The van der Waals surface area contributed by atoms with Crippen molar-refractivity contribution in [3.63, 3.8) is 0 Å². The quantitative estimate of drug-likeness (QED) is 0.342. The molecule has 5 rings (SSSR count). The van der Waals surface area contributed by atoms with E-state index in [1.54, 1.807) is 30.2 Å². The van der Waals surface area contributed by atoms with E-state index < -0.39 is 0 Å². The Hall–Kier alpha value is -3.03. The molecule has 1 fully saturated rings. The molecule has 1 aliphatic rings. The highest BCUT2D eigenvalue weighted by Gasteiger charge is 2.22. The lowest BCUT2D eigenvalue weighted by molar-refractivity contribution is 0.0747. The van der Waals surface area contributed by atoms with Crippen LogP contribution in [0.15, 0.2) is 77.1 Å². The summed E-state index contributed by atoms with van der Waals surface area (Å²) >= 11 is 3.47. The van der Waals surface area contributed by atoms with Gasteiger partial charge in [0.15, 0.2) is 4.34 Å². The van der Waals surface area contributed by atoms with E-state index in [0.29, 0.717) is 0 Å². The Bertz CT molecular complexity index is 1200. The number of carbonyl (C=O) groups excluding carboxylic acids is 1. The number of ether oxygens (including phenoxy) is 1. The van der Waals surface area contributed by atoms with Crippen LogP contribution in [0.5, 0.6) is 5.75 Å². The Balaban J connectivity index is 1.15. The molecule has 1 amide bonds. The van der Waals surface area contributed by atoms with E-state index in [-0.39, 0.29) is 5.91 Å². The summed E-state index contributed by atoms with van der Waals surface area (Å²) in [7, 11) is 1.67. The van der Waals surface area contributed by atoms with Gasteiger partial charge in [-0.05, 0) is 54.1 Å². The van der Waals surface area contributed by atoms with E-state index in [0.717, 1.165) is 58.8 Å². The molecule has 1 aliphatic heterocycles. The molecular weight excluding hydrogens is 450 g/mol. The number of benzene rings is 3. The number of para-hydroxylation sites is 1. The van der Waals surface area contributed by atoms with Crippen LogP contribution in [0.3, 0.4) is 0 Å². The van der Waals surface area contributed by atoms with Gasteiger partial charge in [0.2, 0.25) is 0 Å². The van der Waals surface area contributed by atoms with Crippen LogP contribution in [-0.2, 0) is 5.75 Å². The standard InChI is InChI=1S/C26H25N3O2S2/c1-31-22-12-10-21(11-13-22)28-14-16-29(17-15-28)25(30)20-8-6-19(7-9-20)18-32-26-27-23-4-2-3-5-24(23)33-26/h2-13H,14-18H2,1H3. The molecule has 33 heavy (non-hydrogen) atoms. The van der Waals surface area contributed by atoms with Crippen molar-refractivity contribution in [2.45, 2.75) is 10.1 Å². The zero-order valence-electron chi connectivity index (χ0n) is 18.4. The Kier molecular flexibility index (Phi) is 6.51. The molecule has 4 aromatic rings. The highest BCUT2D eigenvalue weighted by Crippen LogP contribution is 2.31. The maximum Gasteiger partial charge on any atom is 0.253 e. The highest BCUT2D eigenvalue weighted by molar-refractivity contribution is 8.00. The van der Waals surface area contributed by atoms with Crippen LogP contribution in [0.25, 0.3) is 10.2 Å². The van der Waals surface area contributed by atoms with Crippen molar-refractivity contribution < 1.29 is 9.53 Å². The van der Waals surface area contributed by atoms with E-state index in [9.17, 15) is 4.79 Å². The van der Waals surface area contributed by atoms with E-state index in [1.165, 1.54) is 10.3 Å². The Morgan fingerprint density at radius 2 is 1.70 bits per heavy atom. The first kappa shape index (κ1) is 21.8. The van der Waals surface area contributed by atoms with Crippen molar-refractivity contribution in [3.05, 3.63) is 83.9 Å². The van der Waals surface area contributed by atoms with Crippen molar-refractivity contribution in [1.29, 1.82) is 0 Å². The maximum absolute atomic E-state index is 13.0. The van der Waals surface area contributed by atoms with Crippen LogP contribution in [-0.4, -0.2) is 49.1 Å². The average molecular weight is 476 g/mol. The molecule has 0 saturated carbocycles. The van der Waals surface area contributed by atoms with Gasteiger partial charge in [-0.2, -0.15) is 0 Å². The number of methoxy groups -OCH3 is 1. The van der Waals surface area contributed by atoms with Crippen molar-refractivity contribution in [3.8, 4) is 5.75 Å². The molecule has 7 heteroatoms. The lowest BCUT2D eigenvalue weighted by Gasteiger charge is -2.36. The predicted octanol–water partition coefficient (Wildman–Crippen LogP) is 5.56. The molecule has 5 nitrogen and oxygen atoms in total. The summed E-state index contributed by atoms with van der Waals surface area (Å²) in [6.07, 6.45) is 0. The third-order valence-electron chi connectivity index (χ3n) is 5.84. The van der Waals surface area contributed by atoms with Gasteiger partial charge < -0.3 is 14.5 Å². The van der Waals surface area contributed by atoms with Gasteiger partial charge in [-0.3, -0.25) is 4.79 Å². The Morgan fingerprint density at radius 1 is 0.970 bits per heavy atom. The summed E-state index contributed by atoms with van der Waals surface area (Å²) < 4.78 is 7.53. The summed E-state index contributed by atoms with van der Waals surface area (Å²) in [6.45, 7) is 3.10. The summed E-state index contributed by atoms with van der Waals surface area (Å²) in [5.41, 5.74) is 4.16. The molecule has 0 radical (unpaired) electrons. The molecule has 0 unspecified atom stereocenters. The van der Waals surface area contributed by atoms with Crippen LogP contribution in [0.1, 0.15) is 15.9 Å². The number of amides is 1. The number of hydrogen-bond donors (Lipinski definition) is 0. The van der Waals surface area contributed by atoms with Crippen LogP contribution >= 0.6 is 23.1 Å². The van der Waals surface area contributed by atoms with Crippen LogP contribution in [0.2, 0.25) is 0 Å². The number of aromatic nitrogens is 1. The molecule has 1 aromatic heterocycles. The number of hydrogen-bond acceptors (Lipinski definition) is 6. The predicted molar refractivity (Wildman–Crippen MR) is 137 cm³/mol. The molecule has 0 aliphatic carbocycles. The lowest BCUT2D eigenvalue weighted by atomic mass is 10.1. The number of rotatable bonds is 6. The molecule has 2 heterocycles. The molecule has 0 bridgehead atoms. The summed E-state index contributed by atoms with van der Waals surface area (Å²) in [4.78, 5) is 21.9. The first-order chi connectivity index (χ1) is 16.2. The van der Waals surface area contributed by atoms with Crippen LogP contribution in [0, 0.1) is 0 Å². The second kappa shape index (κ2) is 9.85. The van der Waals surface area contributed by atoms with Gasteiger partial charge >= 0.3 is 0 Å². The fraction of sp³-hybridized carbons (Fsp3) is 0.231. The van der Waals surface area contributed by atoms with Gasteiger partial charge in [0.05, 0.1) is 17.3 Å².